The number of alkyl halides is 5. The van der Waals surface area contributed by atoms with E-state index < -0.39 is 98.6 Å². The predicted octanol–water partition coefficient (Wildman–Crippen LogP) is 1.96. The minimum atomic E-state index is -5.36. The number of hydrogen-bond donors (Lipinski definition) is 3. The molecule has 6 atom stereocenters. The molecule has 0 radical (unpaired) electrons. The molecule has 4 amide bonds. The normalized spacial score (nSPS) is 27.7. The van der Waals surface area contributed by atoms with E-state index in [1.807, 2.05) is 0 Å². The Kier molecular flexibility index (Phi) is 9.36. The number of sulfone groups is 1. The van der Waals surface area contributed by atoms with Gasteiger partial charge in [0, 0.05) is 31.2 Å². The van der Waals surface area contributed by atoms with Crippen LogP contribution in [0, 0.1) is 17.3 Å². The monoisotopic (exact) mass is 632 g/mol. The molecule has 0 aromatic rings. The first-order valence-electron chi connectivity index (χ1n) is 13.3. The van der Waals surface area contributed by atoms with Crippen LogP contribution in [0.25, 0.3) is 0 Å². The Morgan fingerprint density at radius 2 is 1.74 bits per heavy atom. The van der Waals surface area contributed by atoms with Gasteiger partial charge in [-0.2, -0.15) is 17.6 Å². The zero-order valence-electron chi connectivity index (χ0n) is 23.4. The van der Waals surface area contributed by atoms with Crippen molar-refractivity contribution in [1.82, 2.24) is 20.9 Å². The minimum Gasteiger partial charge on any atom is -0.356 e. The van der Waals surface area contributed by atoms with Gasteiger partial charge in [0.05, 0.1) is 12.0 Å². The molecule has 0 aromatic carbocycles. The van der Waals surface area contributed by atoms with Crippen LogP contribution in [0.1, 0.15) is 52.9 Å². The largest absolute Gasteiger partial charge is 0.471 e. The van der Waals surface area contributed by atoms with Crippen molar-refractivity contribution < 1.29 is 53.9 Å². The van der Waals surface area contributed by atoms with E-state index in [4.69, 9.17) is 0 Å². The molecule has 4 aliphatic rings. The second-order valence-corrected chi connectivity index (χ2v) is 14.1. The van der Waals surface area contributed by atoms with Crippen molar-refractivity contribution in [2.45, 2.75) is 89.1 Å². The molecule has 17 heteroatoms. The fourth-order valence-electron chi connectivity index (χ4n) is 5.73. The van der Waals surface area contributed by atoms with E-state index in [9.17, 15) is 45.2 Å². The Labute approximate surface area is 238 Å². The first-order valence-corrected chi connectivity index (χ1v) is 15.2. The highest BCUT2D eigenvalue weighted by molar-refractivity contribution is 7.94. The summed E-state index contributed by atoms with van der Waals surface area (Å²) in [4.78, 5) is 52.0. The number of carbonyl (C=O) groups excluding carboxylic acids is 4. The number of carbonyl (C=O) groups is 4. The standard InChI is InChI=1S/C25H34F6N4O6S/c1-23(2,3)18(34-22(39)25(29,30)31)21(38)35-14-5-6-15(24(27,28)11-14)17(35)20(37)33-13(10-16(26)42(4,40)41)9-12-7-8-32-19(12)36/h10,12-15,17-18H,5-9,11H2,1-4H3,(H,32,36)(H,33,37)(H,34,39)/b16-10-/t12-,13-,14+,15+,17+,18+/m0/s1. The lowest BCUT2D eigenvalue weighted by atomic mass is 9.70. The number of fused-ring (bicyclic) bond motifs is 3. The van der Waals surface area contributed by atoms with Crippen molar-refractivity contribution in [1.29, 1.82) is 0 Å². The van der Waals surface area contributed by atoms with Gasteiger partial charge in [0.1, 0.15) is 12.1 Å². The van der Waals surface area contributed by atoms with Gasteiger partial charge in [0.25, 0.3) is 5.92 Å². The molecular weight excluding hydrogens is 598 g/mol. The molecule has 1 saturated carbocycles. The summed E-state index contributed by atoms with van der Waals surface area (Å²) in [6.07, 6.45) is -5.38. The molecule has 3 aliphatic heterocycles. The Morgan fingerprint density at radius 1 is 1.12 bits per heavy atom. The van der Waals surface area contributed by atoms with Gasteiger partial charge in [-0.25, -0.2) is 17.2 Å². The molecule has 1 aliphatic carbocycles. The number of hydrogen-bond acceptors (Lipinski definition) is 6. The van der Waals surface area contributed by atoms with E-state index in [-0.39, 0.29) is 32.2 Å². The summed E-state index contributed by atoms with van der Waals surface area (Å²) in [5.74, 6) is -11.3. The third kappa shape index (κ3) is 7.37. The molecule has 2 bridgehead atoms. The number of rotatable bonds is 8. The van der Waals surface area contributed by atoms with Crippen molar-refractivity contribution >= 4 is 33.5 Å². The molecular formula is C25H34F6N4O6S. The molecule has 4 fully saturated rings. The van der Waals surface area contributed by atoms with Crippen LogP contribution in [0.2, 0.25) is 0 Å². The van der Waals surface area contributed by atoms with Crippen LogP contribution in [-0.4, -0.2) is 86.0 Å². The average Bonchev–Trinajstić information content (AvgIpc) is 3.22. The van der Waals surface area contributed by atoms with Crippen LogP contribution in [0.3, 0.4) is 0 Å². The zero-order chi connectivity index (χ0) is 32.0. The SMILES string of the molecule is CC(C)(C)[C@H](NC(=O)C(F)(F)F)C(=O)N1[C@@H]2CC[C@H]([C@@H]1C(=O)N[C@H](/C=C(/F)S(C)(=O)=O)C[C@@H]1CCNC1=O)C(F)(F)C2. The van der Waals surface area contributed by atoms with Crippen molar-refractivity contribution in [3.8, 4) is 0 Å². The van der Waals surface area contributed by atoms with Crippen LogP contribution < -0.4 is 16.0 Å². The molecule has 0 aromatic heterocycles. The van der Waals surface area contributed by atoms with Crippen molar-refractivity contribution in [2.24, 2.45) is 17.3 Å². The number of nitrogens with zero attached hydrogens (tertiary/aromatic N) is 1. The van der Waals surface area contributed by atoms with E-state index in [1.54, 1.807) is 5.32 Å². The van der Waals surface area contributed by atoms with Crippen LogP contribution in [0.4, 0.5) is 26.3 Å². The van der Waals surface area contributed by atoms with Gasteiger partial charge in [-0.05, 0) is 37.2 Å². The zero-order valence-corrected chi connectivity index (χ0v) is 24.2. The van der Waals surface area contributed by atoms with E-state index in [0.717, 1.165) is 4.90 Å². The summed E-state index contributed by atoms with van der Waals surface area (Å²) in [6.45, 7) is 4.31. The third-order valence-corrected chi connectivity index (χ3v) is 8.66. The van der Waals surface area contributed by atoms with Gasteiger partial charge in [0.2, 0.25) is 32.7 Å². The molecule has 42 heavy (non-hydrogen) atoms. The lowest BCUT2D eigenvalue weighted by Gasteiger charge is -2.55. The molecule has 238 valence electrons. The van der Waals surface area contributed by atoms with Crippen molar-refractivity contribution in [3.05, 3.63) is 11.2 Å². The molecule has 0 spiro atoms. The fraction of sp³-hybridized carbons (Fsp3) is 0.760. The van der Waals surface area contributed by atoms with Crippen molar-refractivity contribution in [2.75, 3.05) is 12.8 Å². The molecule has 0 unspecified atom stereocenters. The fourth-order valence-corrected chi connectivity index (χ4v) is 6.14. The summed E-state index contributed by atoms with van der Waals surface area (Å²) >= 11 is 0. The highest BCUT2D eigenvalue weighted by Gasteiger charge is 2.61. The van der Waals surface area contributed by atoms with Gasteiger partial charge in [-0.3, -0.25) is 19.2 Å². The van der Waals surface area contributed by atoms with E-state index in [2.05, 4.69) is 10.6 Å². The van der Waals surface area contributed by atoms with E-state index in [1.165, 1.54) is 20.8 Å². The maximum absolute atomic E-state index is 15.1. The number of amides is 4. The smallest absolute Gasteiger partial charge is 0.356 e. The number of nitrogens with one attached hydrogen (secondary N) is 3. The maximum atomic E-state index is 15.1. The minimum absolute atomic E-state index is 0.00808. The van der Waals surface area contributed by atoms with Gasteiger partial charge >= 0.3 is 12.1 Å². The number of halogens is 6. The number of piperidine rings is 2. The molecule has 3 N–H and O–H groups in total. The van der Waals surface area contributed by atoms with Crippen LogP contribution in [0.15, 0.2) is 11.2 Å². The Bertz CT molecular complexity index is 1250. The lowest BCUT2D eigenvalue weighted by molar-refractivity contribution is -0.197. The quantitative estimate of drug-likeness (QED) is 0.350. The van der Waals surface area contributed by atoms with Crippen LogP contribution in [0.5, 0.6) is 0 Å². The summed E-state index contributed by atoms with van der Waals surface area (Å²) in [6, 6.07) is -6.56. The molecule has 10 nitrogen and oxygen atoms in total. The summed E-state index contributed by atoms with van der Waals surface area (Å²) < 4.78 is 107. The van der Waals surface area contributed by atoms with Crippen LogP contribution >= 0.6 is 0 Å². The second-order valence-electron chi connectivity index (χ2n) is 12.1. The average molecular weight is 633 g/mol. The first-order chi connectivity index (χ1) is 19.0. The highest BCUT2D eigenvalue weighted by Crippen LogP contribution is 2.49. The van der Waals surface area contributed by atoms with Crippen LogP contribution in [-0.2, 0) is 29.0 Å². The predicted molar refractivity (Wildman–Crippen MR) is 136 cm³/mol. The van der Waals surface area contributed by atoms with Gasteiger partial charge < -0.3 is 20.9 Å². The topological polar surface area (TPSA) is 142 Å². The molecule has 3 saturated heterocycles. The summed E-state index contributed by atoms with van der Waals surface area (Å²) in [5, 5.41) is 4.81. The lowest BCUT2D eigenvalue weighted by Crippen LogP contribution is -2.71. The summed E-state index contributed by atoms with van der Waals surface area (Å²) in [7, 11) is -4.38. The first kappa shape index (κ1) is 33.6. The van der Waals surface area contributed by atoms with Gasteiger partial charge in [-0.15, -0.1) is 0 Å². The highest BCUT2D eigenvalue weighted by atomic mass is 32.2. The van der Waals surface area contributed by atoms with Gasteiger partial charge in [-0.1, -0.05) is 20.8 Å². The summed E-state index contributed by atoms with van der Waals surface area (Å²) in [5.41, 5.74) is -1.35. The van der Waals surface area contributed by atoms with Crippen molar-refractivity contribution in [3.63, 3.8) is 0 Å². The Morgan fingerprint density at radius 3 is 2.21 bits per heavy atom. The van der Waals surface area contributed by atoms with Gasteiger partial charge in [0.15, 0.2) is 0 Å². The van der Waals surface area contributed by atoms with E-state index >= 15 is 8.78 Å². The Hall–Kier alpha value is -2.85. The van der Waals surface area contributed by atoms with E-state index in [0.29, 0.717) is 12.3 Å². The molecule has 4 rings (SSSR count). The second kappa shape index (κ2) is 11.7. The Balaban J connectivity index is 2.00. The third-order valence-electron chi connectivity index (χ3n) is 7.82. The maximum Gasteiger partial charge on any atom is 0.471 e. The molecule has 3 heterocycles.